The number of aryl methyl sites for hydroxylation is 2. The van der Waals surface area contributed by atoms with Crippen molar-refractivity contribution in [3.05, 3.63) is 88.2 Å². The lowest BCUT2D eigenvalue weighted by molar-refractivity contribution is -0.152. The average Bonchev–Trinajstić information content (AvgIpc) is 2.80. The number of carbonyl (C=O) groups excluding carboxylic acids is 1. The fourth-order valence-electron chi connectivity index (χ4n) is 4.67. The molecule has 2 atom stereocenters. The first-order valence-corrected chi connectivity index (χ1v) is 11.1. The SMILES string of the molecule is Cc1cc(O)cc(C)c1C[C@H](N)C(=O)N1Cc2cc(-c3ccc(F)cc3)ccc2C[C@H]1C(=O)O. The summed E-state index contributed by atoms with van der Waals surface area (Å²) in [5, 5.41) is 19.6. The number of carboxylic acids is 1. The van der Waals surface area contributed by atoms with Crippen LogP contribution in [0.2, 0.25) is 0 Å². The van der Waals surface area contributed by atoms with Gasteiger partial charge in [0.2, 0.25) is 5.91 Å². The molecule has 1 amide bonds. The summed E-state index contributed by atoms with van der Waals surface area (Å²) in [6.07, 6.45) is 0.423. The number of phenolic OH excluding ortho intramolecular Hbond substituents is 1. The van der Waals surface area contributed by atoms with Gasteiger partial charge in [-0.3, -0.25) is 4.79 Å². The minimum atomic E-state index is -1.08. The number of benzene rings is 3. The minimum absolute atomic E-state index is 0.126. The highest BCUT2D eigenvalue weighted by molar-refractivity contribution is 5.88. The second-order valence-corrected chi connectivity index (χ2v) is 8.88. The van der Waals surface area contributed by atoms with E-state index in [1.807, 2.05) is 32.0 Å². The number of aliphatic carboxylic acids is 1. The molecule has 3 aromatic carbocycles. The van der Waals surface area contributed by atoms with E-state index in [1.165, 1.54) is 17.0 Å². The zero-order valence-electron chi connectivity index (χ0n) is 19.1. The van der Waals surface area contributed by atoms with Crippen molar-refractivity contribution in [2.45, 2.75) is 45.3 Å². The lowest BCUT2D eigenvalue weighted by Crippen LogP contribution is -2.54. The summed E-state index contributed by atoms with van der Waals surface area (Å²) in [5.41, 5.74) is 12.2. The van der Waals surface area contributed by atoms with Gasteiger partial charge in [0.1, 0.15) is 17.6 Å². The van der Waals surface area contributed by atoms with Crippen LogP contribution in [0.4, 0.5) is 4.39 Å². The van der Waals surface area contributed by atoms with Crippen LogP contribution >= 0.6 is 0 Å². The molecule has 0 fully saturated rings. The number of nitrogens with zero attached hydrogens (tertiary/aromatic N) is 1. The van der Waals surface area contributed by atoms with Gasteiger partial charge < -0.3 is 20.8 Å². The average molecular weight is 463 g/mol. The molecule has 0 saturated carbocycles. The molecule has 0 radical (unpaired) electrons. The van der Waals surface area contributed by atoms with Gasteiger partial charge in [0.15, 0.2) is 0 Å². The Morgan fingerprint density at radius 3 is 2.26 bits per heavy atom. The predicted octanol–water partition coefficient (Wildman–Crippen LogP) is 3.72. The molecule has 34 heavy (non-hydrogen) atoms. The Bertz CT molecular complexity index is 1230. The molecule has 0 saturated heterocycles. The number of nitrogens with two attached hydrogens (primary N) is 1. The Balaban J connectivity index is 1.61. The van der Waals surface area contributed by atoms with Crippen LogP contribution in [0, 0.1) is 19.7 Å². The number of carboxylic acid groups (broad SMARTS) is 1. The van der Waals surface area contributed by atoms with Crippen LogP contribution < -0.4 is 5.73 Å². The fourth-order valence-corrected chi connectivity index (χ4v) is 4.67. The number of fused-ring (bicyclic) bond motifs is 1. The molecule has 0 aromatic heterocycles. The zero-order valence-corrected chi connectivity index (χ0v) is 19.1. The smallest absolute Gasteiger partial charge is 0.326 e. The number of rotatable bonds is 5. The van der Waals surface area contributed by atoms with Gasteiger partial charge in [0.25, 0.3) is 0 Å². The van der Waals surface area contributed by atoms with Gasteiger partial charge in [-0.1, -0.05) is 24.3 Å². The fraction of sp³-hybridized carbons (Fsp3) is 0.259. The highest BCUT2D eigenvalue weighted by Crippen LogP contribution is 2.30. The monoisotopic (exact) mass is 462 g/mol. The summed E-state index contributed by atoms with van der Waals surface area (Å²) in [6.45, 7) is 3.81. The number of aromatic hydroxyl groups is 1. The third-order valence-corrected chi connectivity index (χ3v) is 6.50. The van der Waals surface area contributed by atoms with Crippen molar-refractivity contribution in [2.24, 2.45) is 5.73 Å². The number of hydrogen-bond donors (Lipinski definition) is 3. The third-order valence-electron chi connectivity index (χ3n) is 6.50. The maximum absolute atomic E-state index is 13.4. The lowest BCUT2D eigenvalue weighted by Gasteiger charge is -2.36. The topological polar surface area (TPSA) is 104 Å². The van der Waals surface area contributed by atoms with Gasteiger partial charge in [0, 0.05) is 13.0 Å². The van der Waals surface area contributed by atoms with E-state index >= 15 is 0 Å². The third kappa shape index (κ3) is 4.65. The largest absolute Gasteiger partial charge is 0.508 e. The normalized spacial score (nSPS) is 16.1. The Morgan fingerprint density at radius 1 is 1.03 bits per heavy atom. The molecule has 1 aliphatic heterocycles. The van der Waals surface area contributed by atoms with Crippen molar-refractivity contribution in [1.29, 1.82) is 0 Å². The summed E-state index contributed by atoms with van der Waals surface area (Å²) >= 11 is 0. The van der Waals surface area contributed by atoms with Crippen LogP contribution in [0.1, 0.15) is 27.8 Å². The van der Waals surface area contributed by atoms with Gasteiger partial charge >= 0.3 is 5.97 Å². The Kier molecular flexibility index (Phi) is 6.39. The van der Waals surface area contributed by atoms with Crippen LogP contribution in [0.15, 0.2) is 54.6 Å². The van der Waals surface area contributed by atoms with Crippen LogP contribution in [0.5, 0.6) is 5.75 Å². The van der Waals surface area contributed by atoms with E-state index in [0.29, 0.717) is 0 Å². The van der Waals surface area contributed by atoms with E-state index in [1.54, 1.807) is 24.3 Å². The summed E-state index contributed by atoms with van der Waals surface area (Å²) in [5.74, 6) is -1.69. The first kappa shape index (κ1) is 23.4. The highest BCUT2D eigenvalue weighted by Gasteiger charge is 2.36. The quantitative estimate of drug-likeness (QED) is 0.536. The molecular weight excluding hydrogens is 435 g/mol. The minimum Gasteiger partial charge on any atom is -0.508 e. The second kappa shape index (κ2) is 9.27. The predicted molar refractivity (Wildman–Crippen MR) is 127 cm³/mol. The molecule has 4 N–H and O–H groups in total. The zero-order chi connectivity index (χ0) is 24.6. The highest BCUT2D eigenvalue weighted by atomic mass is 19.1. The maximum Gasteiger partial charge on any atom is 0.326 e. The molecule has 0 bridgehead atoms. The van der Waals surface area contributed by atoms with Gasteiger partial charge in [-0.15, -0.1) is 0 Å². The summed E-state index contributed by atoms with van der Waals surface area (Å²) < 4.78 is 13.3. The van der Waals surface area contributed by atoms with Crippen molar-refractivity contribution in [3.8, 4) is 16.9 Å². The van der Waals surface area contributed by atoms with E-state index in [-0.39, 0.29) is 31.0 Å². The lowest BCUT2D eigenvalue weighted by atomic mass is 9.89. The number of halogens is 1. The van der Waals surface area contributed by atoms with Crippen LogP contribution in [-0.2, 0) is 29.0 Å². The molecule has 0 unspecified atom stereocenters. The number of amides is 1. The summed E-state index contributed by atoms with van der Waals surface area (Å²) in [4.78, 5) is 26.7. The maximum atomic E-state index is 13.4. The molecule has 176 valence electrons. The van der Waals surface area contributed by atoms with E-state index in [4.69, 9.17) is 5.73 Å². The Morgan fingerprint density at radius 2 is 1.65 bits per heavy atom. The van der Waals surface area contributed by atoms with Gasteiger partial charge in [0.05, 0.1) is 6.04 Å². The van der Waals surface area contributed by atoms with Gasteiger partial charge in [-0.05, 0) is 89.5 Å². The van der Waals surface area contributed by atoms with Crippen molar-refractivity contribution in [3.63, 3.8) is 0 Å². The Hall–Kier alpha value is -3.71. The number of phenols is 1. The number of hydrogen-bond acceptors (Lipinski definition) is 4. The summed E-state index contributed by atoms with van der Waals surface area (Å²) in [6, 6.07) is 13.1. The first-order valence-electron chi connectivity index (χ1n) is 11.1. The molecule has 0 spiro atoms. The first-order chi connectivity index (χ1) is 16.1. The molecule has 7 heteroatoms. The molecular formula is C27H27FN2O4. The second-order valence-electron chi connectivity index (χ2n) is 8.88. The van der Waals surface area contributed by atoms with E-state index in [2.05, 4.69) is 0 Å². The molecule has 0 aliphatic carbocycles. The van der Waals surface area contributed by atoms with Crippen molar-refractivity contribution >= 4 is 11.9 Å². The van der Waals surface area contributed by atoms with Crippen molar-refractivity contribution in [1.82, 2.24) is 4.90 Å². The number of carbonyl (C=O) groups is 2. The molecule has 6 nitrogen and oxygen atoms in total. The molecule has 4 rings (SSSR count). The van der Waals surface area contributed by atoms with Crippen LogP contribution in [0.25, 0.3) is 11.1 Å². The summed E-state index contributed by atoms with van der Waals surface area (Å²) in [7, 11) is 0. The van der Waals surface area contributed by atoms with Crippen LogP contribution in [-0.4, -0.2) is 39.1 Å². The molecule has 1 aliphatic rings. The molecule has 3 aromatic rings. The van der Waals surface area contributed by atoms with E-state index < -0.39 is 24.0 Å². The van der Waals surface area contributed by atoms with E-state index in [0.717, 1.165) is 38.9 Å². The standard InChI is InChI=1S/C27H27FN2O4/c1-15-9-22(31)10-16(2)23(15)13-24(29)26(32)30-14-20-11-18(17-5-7-21(28)8-6-17)3-4-19(20)12-25(30)27(33)34/h3-11,24-25,31H,12-14,29H2,1-2H3,(H,33,34)/t24-,25-/m0/s1. The van der Waals surface area contributed by atoms with Crippen molar-refractivity contribution in [2.75, 3.05) is 0 Å². The van der Waals surface area contributed by atoms with E-state index in [9.17, 15) is 24.2 Å². The van der Waals surface area contributed by atoms with Gasteiger partial charge in [-0.2, -0.15) is 0 Å². The molecule has 1 heterocycles. The van der Waals surface area contributed by atoms with Crippen molar-refractivity contribution < 1.29 is 24.2 Å². The Labute approximate surface area is 197 Å². The van der Waals surface area contributed by atoms with Gasteiger partial charge in [-0.25, -0.2) is 9.18 Å². The van der Waals surface area contributed by atoms with Crippen LogP contribution in [0.3, 0.4) is 0 Å².